The van der Waals surface area contributed by atoms with Gasteiger partial charge in [-0.2, -0.15) is 0 Å². The lowest BCUT2D eigenvalue weighted by Gasteiger charge is -2.12. The maximum atomic E-state index is 11.0. The number of benzene rings is 1. The highest BCUT2D eigenvalue weighted by atomic mass is 16.5. The van der Waals surface area contributed by atoms with E-state index >= 15 is 0 Å². The van der Waals surface area contributed by atoms with Crippen LogP contribution in [0.1, 0.15) is 18.1 Å². The molecule has 0 radical (unpaired) electrons. The average Bonchev–Trinajstić information content (AvgIpc) is 2.25. The van der Waals surface area contributed by atoms with E-state index in [1.165, 1.54) is 0 Å². The number of carboxylic acid groups (broad SMARTS) is 1. The Kier molecular flexibility index (Phi) is 4.09. The van der Waals surface area contributed by atoms with E-state index in [0.717, 1.165) is 16.9 Å². The molecule has 2 N–H and O–H groups in total. The molecule has 1 aromatic carbocycles. The van der Waals surface area contributed by atoms with Gasteiger partial charge in [0, 0.05) is 5.69 Å². The summed E-state index contributed by atoms with van der Waals surface area (Å²) < 4.78 is 5.40. The van der Waals surface area contributed by atoms with Crippen LogP contribution in [0.5, 0.6) is 5.75 Å². The van der Waals surface area contributed by atoms with E-state index in [4.69, 9.17) is 9.84 Å². The van der Waals surface area contributed by atoms with Crippen molar-refractivity contribution in [2.45, 2.75) is 20.8 Å². The molecule has 0 aliphatic carbocycles. The Morgan fingerprint density at radius 1 is 1.29 bits per heavy atom. The summed E-state index contributed by atoms with van der Waals surface area (Å²) in [4.78, 5) is 21.5. The van der Waals surface area contributed by atoms with Crippen molar-refractivity contribution in [3.05, 3.63) is 23.3 Å². The molecule has 5 nitrogen and oxygen atoms in total. The van der Waals surface area contributed by atoms with Crippen LogP contribution in [0.4, 0.5) is 5.69 Å². The lowest BCUT2D eigenvalue weighted by Crippen LogP contribution is -2.22. The molecule has 0 aliphatic rings. The van der Waals surface area contributed by atoms with Crippen LogP contribution < -0.4 is 10.1 Å². The van der Waals surface area contributed by atoms with E-state index in [1.54, 1.807) is 19.1 Å². The SMILES string of the molecule is CCOc1cc(C)c(NC(=O)C(=O)O)cc1C. The lowest BCUT2D eigenvalue weighted by atomic mass is 10.1. The number of carboxylic acids is 1. The number of anilines is 1. The monoisotopic (exact) mass is 237 g/mol. The van der Waals surface area contributed by atoms with Crippen molar-refractivity contribution in [2.75, 3.05) is 11.9 Å². The molecule has 1 rings (SSSR count). The first-order valence-corrected chi connectivity index (χ1v) is 5.24. The first kappa shape index (κ1) is 13.0. The summed E-state index contributed by atoms with van der Waals surface area (Å²) in [5.74, 6) is -1.81. The molecular formula is C12H15NO4. The fraction of sp³-hybridized carbons (Fsp3) is 0.333. The highest BCUT2D eigenvalue weighted by Crippen LogP contribution is 2.26. The number of aliphatic carboxylic acids is 1. The minimum atomic E-state index is -1.50. The van der Waals surface area contributed by atoms with Gasteiger partial charge < -0.3 is 15.2 Å². The summed E-state index contributed by atoms with van der Waals surface area (Å²) in [5.41, 5.74) is 2.09. The molecule has 1 amide bonds. The normalized spacial score (nSPS) is 9.82. The van der Waals surface area contributed by atoms with E-state index in [0.29, 0.717) is 12.3 Å². The number of nitrogens with one attached hydrogen (secondary N) is 1. The quantitative estimate of drug-likeness (QED) is 0.785. The molecule has 0 heterocycles. The van der Waals surface area contributed by atoms with Gasteiger partial charge in [-0.3, -0.25) is 4.79 Å². The van der Waals surface area contributed by atoms with Gasteiger partial charge in [-0.05, 0) is 44.0 Å². The summed E-state index contributed by atoms with van der Waals surface area (Å²) in [6.07, 6.45) is 0. The fourth-order valence-corrected chi connectivity index (χ4v) is 1.41. The summed E-state index contributed by atoms with van der Waals surface area (Å²) >= 11 is 0. The molecular weight excluding hydrogens is 222 g/mol. The topological polar surface area (TPSA) is 75.6 Å². The summed E-state index contributed by atoms with van der Waals surface area (Å²) in [6, 6.07) is 3.47. The van der Waals surface area contributed by atoms with Crippen LogP contribution in [0, 0.1) is 13.8 Å². The molecule has 0 saturated heterocycles. The minimum absolute atomic E-state index is 0.485. The van der Waals surface area contributed by atoms with Crippen LogP contribution >= 0.6 is 0 Å². The fourth-order valence-electron chi connectivity index (χ4n) is 1.41. The maximum absolute atomic E-state index is 11.0. The van der Waals surface area contributed by atoms with E-state index in [1.807, 2.05) is 13.8 Å². The van der Waals surface area contributed by atoms with Crippen LogP contribution in [0.3, 0.4) is 0 Å². The number of amides is 1. The van der Waals surface area contributed by atoms with E-state index in [9.17, 15) is 9.59 Å². The number of ether oxygens (including phenoxy) is 1. The van der Waals surface area contributed by atoms with Crippen molar-refractivity contribution < 1.29 is 19.4 Å². The Bertz CT molecular complexity index is 454. The van der Waals surface area contributed by atoms with Crippen molar-refractivity contribution in [3.63, 3.8) is 0 Å². The van der Waals surface area contributed by atoms with Crippen LogP contribution in [0.25, 0.3) is 0 Å². The molecule has 5 heteroatoms. The maximum Gasteiger partial charge on any atom is 0.394 e. The van der Waals surface area contributed by atoms with Gasteiger partial charge in [-0.1, -0.05) is 0 Å². The smallest absolute Gasteiger partial charge is 0.394 e. The van der Waals surface area contributed by atoms with Gasteiger partial charge in [-0.25, -0.2) is 4.79 Å². The van der Waals surface area contributed by atoms with Gasteiger partial charge in [0.25, 0.3) is 0 Å². The third-order valence-electron chi connectivity index (χ3n) is 2.26. The Morgan fingerprint density at radius 2 is 1.94 bits per heavy atom. The van der Waals surface area contributed by atoms with Gasteiger partial charge in [-0.15, -0.1) is 0 Å². The van der Waals surface area contributed by atoms with Crippen molar-refractivity contribution >= 4 is 17.6 Å². The van der Waals surface area contributed by atoms with Gasteiger partial charge in [0.2, 0.25) is 0 Å². The second-order valence-electron chi connectivity index (χ2n) is 3.62. The number of hydrogen-bond donors (Lipinski definition) is 2. The largest absolute Gasteiger partial charge is 0.494 e. The van der Waals surface area contributed by atoms with E-state index < -0.39 is 11.9 Å². The summed E-state index contributed by atoms with van der Waals surface area (Å²) in [5, 5.41) is 10.8. The van der Waals surface area contributed by atoms with Gasteiger partial charge in [0.15, 0.2) is 0 Å². The molecule has 0 atom stereocenters. The molecule has 92 valence electrons. The standard InChI is InChI=1S/C12H15NO4/c1-4-17-10-6-7(2)9(5-8(10)3)13-11(14)12(15)16/h5-6H,4H2,1-3H3,(H,13,14)(H,15,16). The first-order valence-electron chi connectivity index (χ1n) is 5.24. The van der Waals surface area contributed by atoms with Crippen molar-refractivity contribution in [3.8, 4) is 5.75 Å². The zero-order valence-electron chi connectivity index (χ0n) is 10.0. The van der Waals surface area contributed by atoms with Gasteiger partial charge in [0.1, 0.15) is 5.75 Å². The highest BCUT2D eigenvalue weighted by Gasteiger charge is 2.13. The highest BCUT2D eigenvalue weighted by molar-refractivity contribution is 6.36. The first-order chi connectivity index (χ1) is 7.95. The number of hydrogen-bond acceptors (Lipinski definition) is 3. The molecule has 0 saturated carbocycles. The second kappa shape index (κ2) is 5.34. The number of rotatable bonds is 3. The zero-order valence-corrected chi connectivity index (χ0v) is 10.0. The molecule has 0 bridgehead atoms. The van der Waals surface area contributed by atoms with Crippen molar-refractivity contribution in [2.24, 2.45) is 0 Å². The zero-order chi connectivity index (χ0) is 13.0. The number of carbonyl (C=O) groups is 2. The molecule has 0 aromatic heterocycles. The summed E-state index contributed by atoms with van der Waals surface area (Å²) in [6.45, 7) is 6.05. The second-order valence-corrected chi connectivity index (χ2v) is 3.62. The van der Waals surface area contributed by atoms with E-state index in [2.05, 4.69) is 5.32 Å². The molecule has 0 aliphatic heterocycles. The van der Waals surface area contributed by atoms with Crippen LogP contribution in [-0.2, 0) is 9.59 Å². The van der Waals surface area contributed by atoms with E-state index in [-0.39, 0.29) is 0 Å². The van der Waals surface area contributed by atoms with Crippen molar-refractivity contribution in [1.82, 2.24) is 0 Å². The predicted octanol–water partition coefficient (Wildman–Crippen LogP) is 1.73. The van der Waals surface area contributed by atoms with Crippen LogP contribution in [0.15, 0.2) is 12.1 Å². The average molecular weight is 237 g/mol. The Hall–Kier alpha value is -2.04. The Balaban J connectivity index is 2.99. The third-order valence-corrected chi connectivity index (χ3v) is 2.26. The predicted molar refractivity (Wildman–Crippen MR) is 63.4 cm³/mol. The minimum Gasteiger partial charge on any atom is -0.494 e. The van der Waals surface area contributed by atoms with Crippen LogP contribution in [0.2, 0.25) is 0 Å². The molecule has 0 fully saturated rings. The molecule has 0 unspecified atom stereocenters. The summed E-state index contributed by atoms with van der Waals surface area (Å²) in [7, 11) is 0. The van der Waals surface area contributed by atoms with Crippen LogP contribution in [-0.4, -0.2) is 23.6 Å². The molecule has 1 aromatic rings. The van der Waals surface area contributed by atoms with Gasteiger partial charge >= 0.3 is 11.9 Å². The number of carbonyl (C=O) groups excluding carboxylic acids is 1. The molecule has 0 spiro atoms. The Morgan fingerprint density at radius 3 is 2.47 bits per heavy atom. The third kappa shape index (κ3) is 3.21. The van der Waals surface area contributed by atoms with Crippen molar-refractivity contribution in [1.29, 1.82) is 0 Å². The van der Waals surface area contributed by atoms with Gasteiger partial charge in [0.05, 0.1) is 6.61 Å². The number of aryl methyl sites for hydroxylation is 2. The Labute approximate surface area is 99.4 Å². The lowest BCUT2D eigenvalue weighted by molar-refractivity contribution is -0.147. The molecule has 17 heavy (non-hydrogen) atoms.